The fourth-order valence-electron chi connectivity index (χ4n) is 6.13. The van der Waals surface area contributed by atoms with Gasteiger partial charge in [0.1, 0.15) is 0 Å². The zero-order valence-electron chi connectivity index (χ0n) is 12.2. The third-order valence-electron chi connectivity index (χ3n) is 6.14. The van der Waals surface area contributed by atoms with Gasteiger partial charge in [0, 0.05) is 4.88 Å². The van der Waals surface area contributed by atoms with Crippen LogP contribution in [0.15, 0.2) is 9.85 Å². The van der Waals surface area contributed by atoms with Crippen LogP contribution in [-0.2, 0) is 0 Å². The average molecular weight is 374 g/mol. The maximum absolute atomic E-state index is 7.09. The van der Waals surface area contributed by atoms with E-state index in [0.717, 1.165) is 11.8 Å². The van der Waals surface area contributed by atoms with Crippen LogP contribution in [0.1, 0.15) is 61.3 Å². The highest BCUT2D eigenvalue weighted by Crippen LogP contribution is 2.69. The zero-order chi connectivity index (χ0) is 14.1. The van der Waals surface area contributed by atoms with Crippen molar-refractivity contribution < 1.29 is 0 Å². The first-order valence-electron chi connectivity index (χ1n) is 7.79. The number of aryl methyl sites for hydroxylation is 1. The van der Waals surface area contributed by atoms with Gasteiger partial charge in [0.05, 0.1) is 9.16 Å². The zero-order valence-corrected chi connectivity index (χ0v) is 15.4. The monoisotopic (exact) mass is 372 g/mol. The Hall–Kier alpha value is 0.470. The van der Waals surface area contributed by atoms with E-state index in [-0.39, 0.29) is 5.38 Å². The molecular weight excluding hydrogens is 352 g/mol. The van der Waals surface area contributed by atoms with Gasteiger partial charge in [-0.3, -0.25) is 0 Å². The Morgan fingerprint density at radius 2 is 1.95 bits per heavy atom. The number of alkyl halides is 1. The molecule has 0 spiro atoms. The van der Waals surface area contributed by atoms with Gasteiger partial charge in [-0.1, -0.05) is 6.92 Å². The van der Waals surface area contributed by atoms with Crippen LogP contribution in [0.2, 0.25) is 0 Å². The number of halogens is 2. The molecule has 0 N–H and O–H groups in total. The van der Waals surface area contributed by atoms with Crippen LogP contribution in [0.5, 0.6) is 0 Å². The summed E-state index contributed by atoms with van der Waals surface area (Å²) in [6.45, 7) is 4.75. The quantitative estimate of drug-likeness (QED) is 0.506. The van der Waals surface area contributed by atoms with Gasteiger partial charge in [-0.05, 0) is 95.7 Å². The van der Waals surface area contributed by atoms with Crippen LogP contribution >= 0.6 is 38.9 Å². The minimum absolute atomic E-state index is 0.218. The summed E-state index contributed by atoms with van der Waals surface area (Å²) in [6, 6.07) is 2.28. The summed E-state index contributed by atoms with van der Waals surface area (Å²) in [4.78, 5) is 1.40. The minimum atomic E-state index is 0.218. The van der Waals surface area contributed by atoms with Gasteiger partial charge in [0.2, 0.25) is 0 Å². The Morgan fingerprint density at radius 1 is 1.30 bits per heavy atom. The van der Waals surface area contributed by atoms with Gasteiger partial charge in [0.15, 0.2) is 0 Å². The first kappa shape index (κ1) is 14.1. The molecule has 4 aliphatic rings. The predicted molar refractivity (Wildman–Crippen MR) is 90.6 cm³/mol. The SMILES string of the molecule is Cc1sc(Br)cc1C(Cl)C12CC3CC(CC(C)(C3)C1)C2. The summed E-state index contributed by atoms with van der Waals surface area (Å²) in [5.41, 5.74) is 2.36. The van der Waals surface area contributed by atoms with E-state index in [1.165, 1.54) is 52.8 Å². The number of thiophene rings is 1. The van der Waals surface area contributed by atoms with E-state index in [2.05, 4.69) is 35.8 Å². The van der Waals surface area contributed by atoms with Crippen LogP contribution in [-0.4, -0.2) is 0 Å². The van der Waals surface area contributed by atoms with Crippen LogP contribution < -0.4 is 0 Å². The summed E-state index contributed by atoms with van der Waals surface area (Å²) in [5.74, 6) is 1.90. The van der Waals surface area contributed by atoms with E-state index >= 15 is 0 Å². The molecule has 3 heteroatoms. The molecule has 4 aliphatic carbocycles. The molecule has 5 rings (SSSR count). The summed E-state index contributed by atoms with van der Waals surface area (Å²) in [7, 11) is 0. The third-order valence-corrected chi connectivity index (χ3v) is 8.40. The molecule has 1 aromatic rings. The van der Waals surface area contributed by atoms with Crippen LogP contribution in [0, 0.1) is 29.6 Å². The topological polar surface area (TPSA) is 0 Å². The lowest BCUT2D eigenvalue weighted by atomic mass is 9.43. The van der Waals surface area contributed by atoms with Crippen molar-refractivity contribution in [2.24, 2.45) is 22.7 Å². The van der Waals surface area contributed by atoms with Crippen LogP contribution in [0.4, 0.5) is 0 Å². The molecule has 3 unspecified atom stereocenters. The Morgan fingerprint density at radius 3 is 2.45 bits per heavy atom. The molecule has 20 heavy (non-hydrogen) atoms. The lowest BCUT2D eigenvalue weighted by Gasteiger charge is -2.62. The molecular formula is C17H22BrClS. The van der Waals surface area contributed by atoms with Gasteiger partial charge in [-0.2, -0.15) is 0 Å². The Bertz CT molecular complexity index is 535. The molecule has 4 bridgehead atoms. The summed E-state index contributed by atoms with van der Waals surface area (Å²) >= 11 is 12.6. The molecule has 0 saturated heterocycles. The number of hydrogen-bond donors (Lipinski definition) is 0. The molecule has 0 amide bonds. The highest BCUT2D eigenvalue weighted by molar-refractivity contribution is 9.11. The van der Waals surface area contributed by atoms with Gasteiger partial charge < -0.3 is 0 Å². The molecule has 0 nitrogen and oxygen atoms in total. The fourth-order valence-corrected chi connectivity index (χ4v) is 8.43. The standard InChI is InChI=1S/C17H22BrClS/c1-10-13(4-14(18)20-10)15(19)17-7-11-3-12(8-17)6-16(2,5-11)9-17/h4,11-12,15H,3,5-9H2,1-2H3. The molecule has 110 valence electrons. The molecule has 1 heterocycles. The molecule has 1 aromatic heterocycles. The molecule has 0 aliphatic heterocycles. The second-order valence-corrected chi connectivity index (χ2v) is 11.1. The highest BCUT2D eigenvalue weighted by atomic mass is 79.9. The van der Waals surface area contributed by atoms with Crippen molar-refractivity contribution in [1.29, 1.82) is 0 Å². The third kappa shape index (κ3) is 2.05. The second-order valence-electron chi connectivity index (χ2n) is 8.06. The first-order valence-corrected chi connectivity index (χ1v) is 9.84. The van der Waals surface area contributed by atoms with Crippen molar-refractivity contribution in [3.63, 3.8) is 0 Å². The van der Waals surface area contributed by atoms with Crippen molar-refractivity contribution >= 4 is 38.9 Å². The molecule has 0 radical (unpaired) electrons. The summed E-state index contributed by atoms with van der Waals surface area (Å²) in [6.07, 6.45) is 8.50. The highest BCUT2D eigenvalue weighted by Gasteiger charge is 2.58. The Balaban J connectivity index is 1.72. The summed E-state index contributed by atoms with van der Waals surface area (Å²) in [5, 5.41) is 0.218. The van der Waals surface area contributed by atoms with E-state index in [1.54, 1.807) is 0 Å². The van der Waals surface area contributed by atoms with E-state index in [4.69, 9.17) is 11.6 Å². The molecule has 4 fully saturated rings. The lowest BCUT2D eigenvalue weighted by Crippen LogP contribution is -2.52. The van der Waals surface area contributed by atoms with Crippen LogP contribution in [0.3, 0.4) is 0 Å². The van der Waals surface area contributed by atoms with Crippen molar-refractivity contribution in [3.05, 3.63) is 20.3 Å². The Labute approximate surface area is 139 Å². The van der Waals surface area contributed by atoms with Crippen molar-refractivity contribution in [2.45, 2.75) is 57.7 Å². The van der Waals surface area contributed by atoms with Gasteiger partial charge in [-0.25, -0.2) is 0 Å². The van der Waals surface area contributed by atoms with E-state index in [1.807, 2.05) is 11.3 Å². The maximum atomic E-state index is 7.09. The average Bonchev–Trinajstić information content (AvgIpc) is 2.64. The predicted octanol–water partition coefficient (Wildman–Crippen LogP) is 6.71. The number of rotatable bonds is 2. The van der Waals surface area contributed by atoms with Gasteiger partial charge >= 0.3 is 0 Å². The fraction of sp³-hybridized carbons (Fsp3) is 0.765. The van der Waals surface area contributed by atoms with Crippen molar-refractivity contribution in [2.75, 3.05) is 0 Å². The lowest BCUT2D eigenvalue weighted by molar-refractivity contribution is -0.103. The summed E-state index contributed by atoms with van der Waals surface area (Å²) < 4.78 is 1.23. The maximum Gasteiger partial charge on any atom is 0.0704 e. The molecule has 0 aromatic carbocycles. The van der Waals surface area contributed by atoms with Crippen molar-refractivity contribution in [3.8, 4) is 0 Å². The smallest absolute Gasteiger partial charge is 0.0704 e. The first-order chi connectivity index (χ1) is 9.39. The van der Waals surface area contributed by atoms with E-state index in [0.29, 0.717) is 10.8 Å². The van der Waals surface area contributed by atoms with Crippen LogP contribution in [0.25, 0.3) is 0 Å². The van der Waals surface area contributed by atoms with Gasteiger partial charge in [0.25, 0.3) is 0 Å². The second kappa shape index (κ2) is 4.49. The van der Waals surface area contributed by atoms with Gasteiger partial charge in [-0.15, -0.1) is 22.9 Å². The largest absolute Gasteiger partial charge is 0.133 e. The normalized spacial score (nSPS) is 44.0. The number of hydrogen-bond acceptors (Lipinski definition) is 1. The van der Waals surface area contributed by atoms with E-state index < -0.39 is 0 Å². The Kier molecular flexibility index (Phi) is 3.16. The minimum Gasteiger partial charge on any atom is -0.133 e. The van der Waals surface area contributed by atoms with E-state index in [9.17, 15) is 0 Å². The molecule has 4 saturated carbocycles. The van der Waals surface area contributed by atoms with Crippen molar-refractivity contribution in [1.82, 2.24) is 0 Å². The molecule has 3 atom stereocenters.